The number of carbonyl (C=O) groups is 3. The predicted octanol–water partition coefficient (Wildman–Crippen LogP) is 3.21. The SMILES string of the molecule is N#Cc1cc(F)ccc1C1CNC1c1cc2c(cc1OC1CCCC1)CN(C13CC(C1)C(=O)NC3=O)C2=O. The van der Waals surface area contributed by atoms with E-state index in [-0.39, 0.29) is 35.8 Å². The lowest BCUT2D eigenvalue weighted by molar-refractivity contribution is -0.160. The molecule has 5 fully saturated rings. The third-order valence-corrected chi connectivity index (χ3v) is 9.18. The molecule has 3 amide bonds. The van der Waals surface area contributed by atoms with E-state index in [1.807, 2.05) is 12.1 Å². The van der Waals surface area contributed by atoms with E-state index in [0.717, 1.165) is 42.4 Å². The molecule has 2 N–H and O–H groups in total. The maximum absolute atomic E-state index is 13.8. The monoisotopic (exact) mass is 514 g/mol. The maximum atomic E-state index is 13.8. The minimum atomic E-state index is -0.978. The Morgan fingerprint density at radius 1 is 1.08 bits per heavy atom. The average Bonchev–Trinajstić information content (AvgIpc) is 3.47. The first-order valence-electron chi connectivity index (χ1n) is 13.3. The van der Waals surface area contributed by atoms with Crippen LogP contribution in [0.3, 0.4) is 0 Å². The second-order valence-electron chi connectivity index (χ2n) is 11.3. The van der Waals surface area contributed by atoms with Gasteiger partial charge in [0.2, 0.25) is 5.91 Å². The first-order chi connectivity index (χ1) is 18.4. The van der Waals surface area contributed by atoms with Crippen molar-refractivity contribution in [3.63, 3.8) is 0 Å². The highest BCUT2D eigenvalue weighted by molar-refractivity contribution is 6.10. The number of fused-ring (bicyclic) bond motifs is 3. The smallest absolute Gasteiger partial charge is 0.255 e. The number of hydrogen-bond donors (Lipinski definition) is 2. The number of amides is 3. The number of piperidine rings is 2. The number of halogens is 1. The summed E-state index contributed by atoms with van der Waals surface area (Å²) in [6.45, 7) is 0.908. The number of nitriles is 1. The van der Waals surface area contributed by atoms with Crippen LogP contribution < -0.4 is 15.4 Å². The van der Waals surface area contributed by atoms with E-state index >= 15 is 0 Å². The van der Waals surface area contributed by atoms with Crippen molar-refractivity contribution >= 4 is 17.7 Å². The van der Waals surface area contributed by atoms with Gasteiger partial charge in [-0.05, 0) is 73.9 Å². The number of hydrogen-bond acceptors (Lipinski definition) is 6. The molecule has 9 heteroatoms. The summed E-state index contributed by atoms with van der Waals surface area (Å²) in [5.41, 5.74) is 2.27. The number of rotatable bonds is 5. The second kappa shape index (κ2) is 8.37. The minimum absolute atomic E-state index is 0.0806. The molecule has 8 rings (SSSR count). The fraction of sp³-hybridized carbons (Fsp3) is 0.448. The van der Waals surface area contributed by atoms with E-state index in [1.165, 1.54) is 12.1 Å². The van der Waals surface area contributed by atoms with Gasteiger partial charge >= 0.3 is 0 Å². The molecule has 2 aromatic carbocycles. The lowest BCUT2D eigenvalue weighted by Crippen LogP contribution is -2.73. The summed E-state index contributed by atoms with van der Waals surface area (Å²) in [5.74, 6) is -0.917. The highest BCUT2D eigenvalue weighted by Gasteiger charge is 2.63. The van der Waals surface area contributed by atoms with Gasteiger partial charge in [0.15, 0.2) is 0 Å². The molecule has 2 bridgehead atoms. The molecule has 2 unspecified atom stereocenters. The first-order valence-corrected chi connectivity index (χ1v) is 13.3. The topological polar surface area (TPSA) is 112 Å². The minimum Gasteiger partial charge on any atom is -0.490 e. The van der Waals surface area contributed by atoms with Gasteiger partial charge in [-0.2, -0.15) is 5.26 Å². The second-order valence-corrected chi connectivity index (χ2v) is 11.3. The van der Waals surface area contributed by atoms with E-state index in [0.29, 0.717) is 42.8 Å². The first kappa shape index (κ1) is 23.4. The van der Waals surface area contributed by atoms with Crippen molar-refractivity contribution in [1.29, 1.82) is 5.26 Å². The summed E-state index contributed by atoms with van der Waals surface area (Å²) in [6, 6.07) is 10.0. The van der Waals surface area contributed by atoms with Crippen molar-refractivity contribution in [2.75, 3.05) is 6.54 Å². The van der Waals surface area contributed by atoms with Gasteiger partial charge in [0.05, 0.1) is 17.7 Å². The Balaban J connectivity index is 1.25. The number of nitrogens with one attached hydrogen (secondary N) is 2. The maximum Gasteiger partial charge on any atom is 0.255 e. The summed E-state index contributed by atoms with van der Waals surface area (Å²) in [7, 11) is 0. The molecule has 2 aromatic rings. The molecule has 2 atom stereocenters. The Labute approximate surface area is 219 Å². The van der Waals surface area contributed by atoms with Crippen LogP contribution in [0, 0.1) is 23.1 Å². The zero-order valence-electron chi connectivity index (χ0n) is 20.8. The molecule has 0 aromatic heterocycles. The van der Waals surface area contributed by atoms with Crippen molar-refractivity contribution in [3.8, 4) is 11.8 Å². The van der Waals surface area contributed by atoms with Gasteiger partial charge in [-0.25, -0.2) is 4.39 Å². The molecule has 2 saturated carbocycles. The van der Waals surface area contributed by atoms with Crippen molar-refractivity contribution in [1.82, 2.24) is 15.5 Å². The van der Waals surface area contributed by atoms with Gasteiger partial charge in [-0.1, -0.05) is 6.07 Å². The summed E-state index contributed by atoms with van der Waals surface area (Å²) in [4.78, 5) is 40.1. The van der Waals surface area contributed by atoms with Crippen LogP contribution in [0.1, 0.15) is 83.1 Å². The largest absolute Gasteiger partial charge is 0.490 e. The summed E-state index contributed by atoms with van der Waals surface area (Å²) >= 11 is 0. The number of imide groups is 1. The Bertz CT molecular complexity index is 1440. The van der Waals surface area contributed by atoms with Crippen molar-refractivity contribution < 1.29 is 23.5 Å². The van der Waals surface area contributed by atoms with Crippen LogP contribution in [0.5, 0.6) is 5.75 Å². The van der Waals surface area contributed by atoms with Crippen LogP contribution in [0.15, 0.2) is 30.3 Å². The summed E-state index contributed by atoms with van der Waals surface area (Å²) < 4.78 is 20.3. The van der Waals surface area contributed by atoms with Crippen LogP contribution in [-0.4, -0.2) is 40.8 Å². The normalized spacial score (nSPS) is 29.8. The van der Waals surface area contributed by atoms with Crippen LogP contribution in [0.2, 0.25) is 0 Å². The predicted molar refractivity (Wildman–Crippen MR) is 132 cm³/mol. The Morgan fingerprint density at radius 3 is 2.55 bits per heavy atom. The lowest BCUT2D eigenvalue weighted by Gasteiger charge is -2.53. The standard InChI is InChI=1S/C29H27FN4O4/c30-18-5-6-20(15(7-18)12-31)23-13-32-25(23)22-9-21-16(8-24(22)38-19-3-1-2-4-19)14-34(27(21)36)29-10-17(11-29)26(35)33-28(29)37/h5-9,17,19,23,25,32H,1-4,10-11,13-14H2,(H,33,35,37). The molecular weight excluding hydrogens is 487 g/mol. The quantitative estimate of drug-likeness (QED) is 0.593. The van der Waals surface area contributed by atoms with Gasteiger partial charge in [0.25, 0.3) is 11.8 Å². The highest BCUT2D eigenvalue weighted by Crippen LogP contribution is 2.50. The third kappa shape index (κ3) is 3.33. The van der Waals surface area contributed by atoms with Gasteiger partial charge < -0.3 is 15.0 Å². The zero-order valence-corrected chi connectivity index (χ0v) is 20.8. The molecule has 0 spiro atoms. The number of nitrogens with zero attached hydrogens (tertiary/aromatic N) is 2. The van der Waals surface area contributed by atoms with Crippen LogP contribution >= 0.6 is 0 Å². The highest BCUT2D eigenvalue weighted by atomic mass is 19.1. The Kier molecular flexibility index (Phi) is 5.14. The van der Waals surface area contributed by atoms with Gasteiger partial charge in [-0.15, -0.1) is 0 Å². The Morgan fingerprint density at radius 2 is 1.87 bits per heavy atom. The van der Waals surface area contributed by atoms with E-state index in [1.54, 1.807) is 11.0 Å². The molecule has 6 aliphatic rings. The summed E-state index contributed by atoms with van der Waals surface area (Å²) in [5, 5.41) is 15.5. The number of carbonyl (C=O) groups excluding carboxylic acids is 3. The van der Waals surface area contributed by atoms with Crippen molar-refractivity contribution in [2.45, 2.75) is 68.7 Å². The lowest BCUT2D eigenvalue weighted by atomic mass is 9.63. The van der Waals surface area contributed by atoms with Gasteiger partial charge in [0, 0.05) is 42.1 Å². The summed E-state index contributed by atoms with van der Waals surface area (Å²) in [6.07, 6.45) is 4.99. The fourth-order valence-corrected chi connectivity index (χ4v) is 6.95. The molecule has 4 heterocycles. The number of ether oxygens (including phenoxy) is 1. The van der Waals surface area contributed by atoms with E-state index in [4.69, 9.17) is 4.74 Å². The molecular formula is C29H27FN4O4. The van der Waals surface area contributed by atoms with Crippen LogP contribution in [0.25, 0.3) is 0 Å². The van der Waals surface area contributed by atoms with Crippen molar-refractivity contribution in [2.24, 2.45) is 5.92 Å². The van der Waals surface area contributed by atoms with E-state index < -0.39 is 17.3 Å². The molecule has 3 saturated heterocycles. The third-order valence-electron chi connectivity index (χ3n) is 9.18. The van der Waals surface area contributed by atoms with Gasteiger partial charge in [0.1, 0.15) is 17.1 Å². The molecule has 2 aliphatic carbocycles. The molecule has 194 valence electrons. The van der Waals surface area contributed by atoms with E-state index in [2.05, 4.69) is 16.7 Å². The molecule has 8 nitrogen and oxygen atoms in total. The molecule has 0 radical (unpaired) electrons. The van der Waals surface area contributed by atoms with Crippen LogP contribution in [0.4, 0.5) is 4.39 Å². The zero-order chi connectivity index (χ0) is 26.2. The average molecular weight is 515 g/mol. The van der Waals surface area contributed by atoms with Crippen LogP contribution in [-0.2, 0) is 16.1 Å². The Hall–Kier alpha value is -3.77. The van der Waals surface area contributed by atoms with E-state index in [9.17, 15) is 24.0 Å². The molecule has 4 aliphatic heterocycles. The molecule has 38 heavy (non-hydrogen) atoms. The fourth-order valence-electron chi connectivity index (χ4n) is 6.95. The van der Waals surface area contributed by atoms with Gasteiger partial charge in [-0.3, -0.25) is 19.7 Å². The van der Waals surface area contributed by atoms with Crippen molar-refractivity contribution in [3.05, 3.63) is 64.0 Å². The number of benzene rings is 2.